The third-order valence-electron chi connectivity index (χ3n) is 1.81. The molecule has 1 aromatic carbocycles. The van der Waals surface area contributed by atoms with Crippen molar-refractivity contribution in [1.82, 2.24) is 0 Å². The molecule has 0 heterocycles. The van der Waals surface area contributed by atoms with Crippen LogP contribution < -0.4 is 11.5 Å². The van der Waals surface area contributed by atoms with E-state index in [4.69, 9.17) is 11.5 Å². The standard InChI is InChI=1S/C7H6N4O5/c8-6-4(10(13)14)1-3(7(9)12)2-5(6)11(15)16/h1-2H,8H2,(H2,9,12). The summed E-state index contributed by atoms with van der Waals surface area (Å²) in [4.78, 5) is 30.0. The van der Waals surface area contributed by atoms with Crippen molar-refractivity contribution in [1.29, 1.82) is 0 Å². The molecule has 1 aromatic rings. The first kappa shape index (κ1) is 11.4. The molecule has 0 fully saturated rings. The van der Waals surface area contributed by atoms with Crippen molar-refractivity contribution in [3.8, 4) is 0 Å². The van der Waals surface area contributed by atoms with Gasteiger partial charge in [0.05, 0.1) is 15.4 Å². The second-order valence-corrected chi connectivity index (χ2v) is 2.81. The zero-order chi connectivity index (χ0) is 12.5. The Hall–Kier alpha value is -2.71. The second kappa shape index (κ2) is 3.81. The van der Waals surface area contributed by atoms with Crippen LogP contribution in [0.2, 0.25) is 0 Å². The average molecular weight is 226 g/mol. The number of rotatable bonds is 3. The number of nitrogen functional groups attached to an aromatic ring is 1. The van der Waals surface area contributed by atoms with E-state index >= 15 is 0 Å². The number of nitro benzene ring substituents is 2. The largest absolute Gasteiger partial charge is 0.388 e. The molecule has 0 saturated heterocycles. The number of nitrogens with two attached hydrogens (primary N) is 2. The minimum absolute atomic E-state index is 0.340. The number of benzene rings is 1. The van der Waals surface area contributed by atoms with Gasteiger partial charge in [0, 0.05) is 12.1 Å². The van der Waals surface area contributed by atoms with Crippen LogP contribution in [0.1, 0.15) is 10.4 Å². The third kappa shape index (κ3) is 1.87. The van der Waals surface area contributed by atoms with Gasteiger partial charge in [0.15, 0.2) is 5.69 Å². The minimum atomic E-state index is -1.01. The van der Waals surface area contributed by atoms with Crippen molar-refractivity contribution < 1.29 is 14.6 Å². The number of nitro groups is 2. The summed E-state index contributed by atoms with van der Waals surface area (Å²) in [6.45, 7) is 0. The molecule has 4 N–H and O–H groups in total. The highest BCUT2D eigenvalue weighted by Gasteiger charge is 2.25. The molecule has 0 bridgehead atoms. The molecule has 0 spiro atoms. The molecule has 0 radical (unpaired) electrons. The van der Waals surface area contributed by atoms with Gasteiger partial charge in [-0.05, 0) is 0 Å². The Morgan fingerprint density at radius 1 is 1.12 bits per heavy atom. The van der Waals surface area contributed by atoms with Gasteiger partial charge in [0.25, 0.3) is 11.4 Å². The maximum Gasteiger partial charge on any atom is 0.300 e. The Labute approximate surface area is 87.9 Å². The van der Waals surface area contributed by atoms with Crippen molar-refractivity contribution >= 4 is 23.0 Å². The Morgan fingerprint density at radius 2 is 1.50 bits per heavy atom. The predicted molar refractivity (Wildman–Crippen MR) is 52.7 cm³/mol. The van der Waals surface area contributed by atoms with Gasteiger partial charge in [0.2, 0.25) is 5.91 Å². The summed E-state index contributed by atoms with van der Waals surface area (Å²) >= 11 is 0. The Bertz CT molecular complexity index is 463. The predicted octanol–water partition coefficient (Wildman–Crippen LogP) is 0.184. The zero-order valence-electron chi connectivity index (χ0n) is 7.75. The number of amides is 1. The van der Waals surface area contributed by atoms with Crippen molar-refractivity contribution in [3.05, 3.63) is 37.9 Å². The van der Waals surface area contributed by atoms with Crippen LogP contribution in [0.15, 0.2) is 12.1 Å². The lowest BCUT2D eigenvalue weighted by molar-refractivity contribution is -0.392. The van der Waals surface area contributed by atoms with Gasteiger partial charge in [-0.1, -0.05) is 0 Å². The number of carbonyl (C=O) groups excluding carboxylic acids is 1. The lowest BCUT2D eigenvalue weighted by atomic mass is 10.1. The third-order valence-corrected chi connectivity index (χ3v) is 1.81. The van der Waals surface area contributed by atoms with Gasteiger partial charge < -0.3 is 11.5 Å². The van der Waals surface area contributed by atoms with Gasteiger partial charge in [0.1, 0.15) is 0 Å². The fourth-order valence-electron chi connectivity index (χ4n) is 1.07. The molecule has 84 valence electrons. The molecule has 9 nitrogen and oxygen atoms in total. The van der Waals surface area contributed by atoms with Gasteiger partial charge in [-0.2, -0.15) is 0 Å². The summed E-state index contributed by atoms with van der Waals surface area (Å²) in [6, 6.07) is 1.59. The quantitative estimate of drug-likeness (QED) is 0.425. The number of anilines is 1. The van der Waals surface area contributed by atoms with Gasteiger partial charge >= 0.3 is 0 Å². The van der Waals surface area contributed by atoms with Crippen LogP contribution >= 0.6 is 0 Å². The molecular formula is C7H6N4O5. The van der Waals surface area contributed by atoms with Crippen molar-refractivity contribution in [2.45, 2.75) is 0 Å². The molecule has 1 amide bonds. The first-order chi connectivity index (χ1) is 7.34. The van der Waals surface area contributed by atoms with E-state index in [1.54, 1.807) is 0 Å². The Morgan fingerprint density at radius 3 is 1.75 bits per heavy atom. The second-order valence-electron chi connectivity index (χ2n) is 2.81. The van der Waals surface area contributed by atoms with Gasteiger partial charge in [-0.3, -0.25) is 25.0 Å². The van der Waals surface area contributed by atoms with Crippen LogP contribution in [0.3, 0.4) is 0 Å². The topological polar surface area (TPSA) is 155 Å². The van der Waals surface area contributed by atoms with E-state index in [0.717, 1.165) is 12.1 Å². The van der Waals surface area contributed by atoms with E-state index in [0.29, 0.717) is 0 Å². The molecule has 0 unspecified atom stereocenters. The molecule has 9 heteroatoms. The molecular weight excluding hydrogens is 220 g/mol. The van der Waals surface area contributed by atoms with E-state index in [1.165, 1.54) is 0 Å². The highest BCUT2D eigenvalue weighted by atomic mass is 16.6. The number of carbonyl (C=O) groups is 1. The van der Waals surface area contributed by atoms with Crippen LogP contribution in [-0.2, 0) is 0 Å². The molecule has 0 aromatic heterocycles. The monoisotopic (exact) mass is 226 g/mol. The van der Waals surface area contributed by atoms with E-state index in [1.807, 2.05) is 0 Å². The highest BCUT2D eigenvalue weighted by molar-refractivity contribution is 5.96. The summed E-state index contributed by atoms with van der Waals surface area (Å²) in [6.07, 6.45) is 0. The normalized spacial score (nSPS) is 9.75. The lowest BCUT2D eigenvalue weighted by Gasteiger charge is -2.01. The van der Waals surface area contributed by atoms with Crippen molar-refractivity contribution in [3.63, 3.8) is 0 Å². The van der Waals surface area contributed by atoms with Crippen LogP contribution in [0.25, 0.3) is 0 Å². The SMILES string of the molecule is NC(=O)c1cc([N+](=O)[O-])c(N)c([N+](=O)[O-])c1. The lowest BCUT2D eigenvalue weighted by Crippen LogP contribution is -2.12. The smallest absolute Gasteiger partial charge is 0.300 e. The molecule has 0 saturated carbocycles. The van der Waals surface area contributed by atoms with E-state index < -0.39 is 32.8 Å². The first-order valence-corrected chi connectivity index (χ1v) is 3.86. The van der Waals surface area contributed by atoms with Gasteiger partial charge in [-0.25, -0.2) is 0 Å². The van der Waals surface area contributed by atoms with Crippen molar-refractivity contribution in [2.24, 2.45) is 5.73 Å². The van der Waals surface area contributed by atoms with Crippen LogP contribution in [0.5, 0.6) is 0 Å². The average Bonchev–Trinajstić information content (AvgIpc) is 2.16. The van der Waals surface area contributed by atoms with E-state index in [2.05, 4.69) is 0 Å². The fraction of sp³-hybridized carbons (Fsp3) is 0. The summed E-state index contributed by atoms with van der Waals surface area (Å²) in [7, 11) is 0. The Kier molecular flexibility index (Phi) is 2.70. The summed E-state index contributed by atoms with van der Waals surface area (Å²) in [5, 5.41) is 21.0. The number of hydrogen-bond acceptors (Lipinski definition) is 6. The van der Waals surface area contributed by atoms with Gasteiger partial charge in [-0.15, -0.1) is 0 Å². The van der Waals surface area contributed by atoms with Crippen molar-refractivity contribution in [2.75, 3.05) is 5.73 Å². The molecule has 1 rings (SSSR count). The van der Waals surface area contributed by atoms with Crippen LogP contribution in [-0.4, -0.2) is 15.8 Å². The number of primary amides is 1. The number of nitrogens with zero attached hydrogens (tertiary/aromatic N) is 2. The molecule has 16 heavy (non-hydrogen) atoms. The number of hydrogen-bond donors (Lipinski definition) is 2. The summed E-state index contributed by atoms with van der Waals surface area (Å²) in [5.74, 6) is -1.01. The summed E-state index contributed by atoms with van der Waals surface area (Å²) in [5.41, 5.74) is 7.71. The highest BCUT2D eigenvalue weighted by Crippen LogP contribution is 2.32. The van der Waals surface area contributed by atoms with Crippen LogP contribution in [0, 0.1) is 20.2 Å². The Balaban J connectivity index is 3.57. The molecule has 0 aliphatic heterocycles. The molecule has 0 aliphatic rings. The molecule has 0 aliphatic carbocycles. The first-order valence-electron chi connectivity index (χ1n) is 3.86. The van der Waals surface area contributed by atoms with E-state index in [-0.39, 0.29) is 5.56 Å². The summed E-state index contributed by atoms with van der Waals surface area (Å²) < 4.78 is 0. The van der Waals surface area contributed by atoms with Crippen LogP contribution in [0.4, 0.5) is 17.1 Å². The maximum atomic E-state index is 10.8. The minimum Gasteiger partial charge on any atom is -0.388 e. The van der Waals surface area contributed by atoms with E-state index in [9.17, 15) is 25.0 Å². The molecule has 0 atom stereocenters. The fourth-order valence-corrected chi connectivity index (χ4v) is 1.07. The maximum absolute atomic E-state index is 10.8. The zero-order valence-corrected chi connectivity index (χ0v) is 7.75.